The third-order valence-electron chi connectivity index (χ3n) is 2.62. The lowest BCUT2D eigenvalue weighted by Gasteiger charge is -2.35. The van der Waals surface area contributed by atoms with Gasteiger partial charge in [0.15, 0.2) is 0 Å². The van der Waals surface area contributed by atoms with Crippen molar-refractivity contribution in [3.8, 4) is 0 Å². The third-order valence-corrected chi connectivity index (χ3v) is 2.62. The first kappa shape index (κ1) is 10.2. The monoisotopic (exact) mass is 207 g/mol. The number of nitrogens with two attached hydrogens (primary N) is 1. The molecule has 0 radical (unpaired) electrons. The van der Waals surface area contributed by atoms with Gasteiger partial charge in [-0.1, -0.05) is 6.07 Å². The first-order valence-corrected chi connectivity index (χ1v) is 5.38. The van der Waals surface area contributed by atoms with Crippen LogP contribution in [0.2, 0.25) is 0 Å². The van der Waals surface area contributed by atoms with Crippen molar-refractivity contribution in [3.05, 3.63) is 18.2 Å². The molecule has 1 aliphatic carbocycles. The Morgan fingerprint density at radius 3 is 3.00 bits per heavy atom. The molecular weight excluding hydrogens is 190 g/mol. The smallest absolute Gasteiger partial charge is 0.128 e. The zero-order valence-corrected chi connectivity index (χ0v) is 8.94. The molecule has 82 valence electrons. The molecule has 0 atom stereocenters. The van der Waals surface area contributed by atoms with Crippen molar-refractivity contribution in [2.45, 2.75) is 31.9 Å². The Morgan fingerprint density at radius 1 is 1.53 bits per heavy atom. The SMILES string of the molecule is CCOC1CC(Nc2cccc(N)n2)C1. The van der Waals surface area contributed by atoms with E-state index >= 15 is 0 Å². The molecule has 0 aromatic carbocycles. The van der Waals surface area contributed by atoms with Crippen molar-refractivity contribution in [3.63, 3.8) is 0 Å². The first-order valence-electron chi connectivity index (χ1n) is 5.38. The van der Waals surface area contributed by atoms with Crippen LogP contribution in [0.4, 0.5) is 11.6 Å². The molecule has 1 fully saturated rings. The molecular formula is C11H17N3O. The van der Waals surface area contributed by atoms with E-state index in [-0.39, 0.29) is 0 Å². The van der Waals surface area contributed by atoms with E-state index in [9.17, 15) is 0 Å². The van der Waals surface area contributed by atoms with Crippen LogP contribution in [-0.2, 0) is 4.74 Å². The van der Waals surface area contributed by atoms with Crippen LogP contribution < -0.4 is 11.1 Å². The number of pyridine rings is 1. The number of hydrogen-bond acceptors (Lipinski definition) is 4. The molecule has 1 aromatic heterocycles. The summed E-state index contributed by atoms with van der Waals surface area (Å²) in [7, 11) is 0. The summed E-state index contributed by atoms with van der Waals surface area (Å²) < 4.78 is 5.48. The van der Waals surface area contributed by atoms with Crippen molar-refractivity contribution in [2.75, 3.05) is 17.7 Å². The number of nitrogen functional groups attached to an aromatic ring is 1. The molecule has 15 heavy (non-hydrogen) atoms. The normalized spacial score (nSPS) is 24.6. The fraction of sp³-hybridized carbons (Fsp3) is 0.545. The van der Waals surface area contributed by atoms with Crippen molar-refractivity contribution in [1.29, 1.82) is 0 Å². The second-order valence-electron chi connectivity index (χ2n) is 3.84. The van der Waals surface area contributed by atoms with Crippen molar-refractivity contribution >= 4 is 11.6 Å². The van der Waals surface area contributed by atoms with E-state index in [0.717, 1.165) is 25.3 Å². The molecule has 0 bridgehead atoms. The average Bonchev–Trinajstić information content (AvgIpc) is 2.15. The minimum Gasteiger partial charge on any atom is -0.384 e. The van der Waals surface area contributed by atoms with E-state index in [1.54, 1.807) is 6.07 Å². The van der Waals surface area contributed by atoms with Crippen LogP contribution in [0.25, 0.3) is 0 Å². The molecule has 0 saturated heterocycles. The molecule has 1 saturated carbocycles. The van der Waals surface area contributed by atoms with E-state index in [1.165, 1.54) is 0 Å². The Bertz CT molecular complexity index is 323. The van der Waals surface area contributed by atoms with Crippen molar-refractivity contribution in [1.82, 2.24) is 4.98 Å². The van der Waals surface area contributed by atoms with Crippen LogP contribution in [0.3, 0.4) is 0 Å². The lowest BCUT2D eigenvalue weighted by Crippen LogP contribution is -2.41. The summed E-state index contributed by atoms with van der Waals surface area (Å²) in [5.41, 5.74) is 5.59. The predicted octanol–water partition coefficient (Wildman–Crippen LogP) is 1.64. The van der Waals surface area contributed by atoms with Gasteiger partial charge in [-0.25, -0.2) is 4.98 Å². The number of nitrogens with zero attached hydrogens (tertiary/aromatic N) is 1. The third kappa shape index (κ3) is 2.59. The van der Waals surface area contributed by atoms with Gasteiger partial charge in [-0.05, 0) is 31.9 Å². The maximum Gasteiger partial charge on any atom is 0.128 e. The first-order chi connectivity index (χ1) is 7.28. The predicted molar refractivity (Wildman–Crippen MR) is 60.7 cm³/mol. The van der Waals surface area contributed by atoms with E-state index in [2.05, 4.69) is 10.3 Å². The molecule has 0 spiro atoms. The zero-order chi connectivity index (χ0) is 10.7. The van der Waals surface area contributed by atoms with Gasteiger partial charge >= 0.3 is 0 Å². The molecule has 1 heterocycles. The van der Waals surface area contributed by atoms with Gasteiger partial charge in [0, 0.05) is 12.6 Å². The summed E-state index contributed by atoms with van der Waals surface area (Å²) in [6.45, 7) is 2.83. The van der Waals surface area contributed by atoms with Gasteiger partial charge < -0.3 is 15.8 Å². The summed E-state index contributed by atoms with van der Waals surface area (Å²) in [5.74, 6) is 1.41. The van der Waals surface area contributed by atoms with Gasteiger partial charge in [0.05, 0.1) is 6.10 Å². The Labute approximate surface area is 89.8 Å². The minimum absolute atomic E-state index is 0.425. The Balaban J connectivity index is 1.80. The van der Waals surface area contributed by atoms with Gasteiger partial charge in [0.25, 0.3) is 0 Å². The van der Waals surface area contributed by atoms with Gasteiger partial charge in [0.2, 0.25) is 0 Å². The van der Waals surface area contributed by atoms with Crippen LogP contribution in [0.5, 0.6) is 0 Å². The average molecular weight is 207 g/mol. The topological polar surface area (TPSA) is 60.2 Å². The number of ether oxygens (including phenoxy) is 1. The van der Waals surface area contributed by atoms with Crippen molar-refractivity contribution in [2.24, 2.45) is 0 Å². The van der Waals surface area contributed by atoms with E-state index in [0.29, 0.717) is 18.0 Å². The minimum atomic E-state index is 0.425. The second kappa shape index (κ2) is 4.49. The van der Waals surface area contributed by atoms with Crippen LogP contribution in [0, 0.1) is 0 Å². The van der Waals surface area contributed by atoms with Gasteiger partial charge in [-0.2, -0.15) is 0 Å². The van der Waals surface area contributed by atoms with Gasteiger partial charge in [-0.3, -0.25) is 0 Å². The quantitative estimate of drug-likeness (QED) is 0.788. The van der Waals surface area contributed by atoms with Crippen LogP contribution >= 0.6 is 0 Å². The molecule has 4 heteroatoms. The summed E-state index contributed by atoms with van der Waals surface area (Å²) in [4.78, 5) is 4.19. The molecule has 0 aliphatic heterocycles. The summed E-state index contributed by atoms with van der Waals surface area (Å²) in [6, 6.07) is 6.11. The number of hydrogen-bond donors (Lipinski definition) is 2. The van der Waals surface area contributed by atoms with Crippen molar-refractivity contribution < 1.29 is 4.74 Å². The lowest BCUT2D eigenvalue weighted by molar-refractivity contribution is 0.00293. The molecule has 3 N–H and O–H groups in total. The number of rotatable bonds is 4. The van der Waals surface area contributed by atoms with Crippen LogP contribution in [0.1, 0.15) is 19.8 Å². The van der Waals surface area contributed by atoms with Crippen LogP contribution in [0.15, 0.2) is 18.2 Å². The highest BCUT2D eigenvalue weighted by atomic mass is 16.5. The second-order valence-corrected chi connectivity index (χ2v) is 3.84. The fourth-order valence-electron chi connectivity index (χ4n) is 1.80. The maximum atomic E-state index is 5.59. The molecule has 0 amide bonds. The highest BCUT2D eigenvalue weighted by Gasteiger charge is 2.29. The lowest BCUT2D eigenvalue weighted by atomic mass is 9.89. The fourth-order valence-corrected chi connectivity index (χ4v) is 1.80. The van der Waals surface area contributed by atoms with Crippen LogP contribution in [-0.4, -0.2) is 23.7 Å². The van der Waals surface area contributed by atoms with E-state index in [4.69, 9.17) is 10.5 Å². The van der Waals surface area contributed by atoms with Gasteiger partial charge in [0.1, 0.15) is 11.6 Å². The molecule has 2 rings (SSSR count). The van der Waals surface area contributed by atoms with E-state index < -0.39 is 0 Å². The largest absolute Gasteiger partial charge is 0.384 e. The summed E-state index contributed by atoms with van der Waals surface area (Å²) in [6.07, 6.45) is 2.54. The van der Waals surface area contributed by atoms with E-state index in [1.807, 2.05) is 19.1 Å². The number of aromatic nitrogens is 1. The maximum absolute atomic E-state index is 5.59. The Morgan fingerprint density at radius 2 is 2.33 bits per heavy atom. The molecule has 0 unspecified atom stereocenters. The molecule has 4 nitrogen and oxygen atoms in total. The summed E-state index contributed by atoms with van der Waals surface area (Å²) >= 11 is 0. The Hall–Kier alpha value is -1.29. The number of anilines is 2. The summed E-state index contributed by atoms with van der Waals surface area (Å²) in [5, 5.41) is 3.34. The molecule has 1 aromatic rings. The highest BCUT2D eigenvalue weighted by molar-refractivity contribution is 5.43. The highest BCUT2D eigenvalue weighted by Crippen LogP contribution is 2.26. The molecule has 1 aliphatic rings. The van der Waals surface area contributed by atoms with Gasteiger partial charge in [-0.15, -0.1) is 0 Å². The Kier molecular flexibility index (Phi) is 3.06. The zero-order valence-electron chi connectivity index (χ0n) is 8.94. The standard InChI is InChI=1S/C11H17N3O/c1-2-15-9-6-8(7-9)13-11-5-3-4-10(12)14-11/h3-5,8-9H,2,6-7H2,1H3,(H3,12,13,14). The number of nitrogens with one attached hydrogen (secondary N) is 1.